The fourth-order valence-corrected chi connectivity index (χ4v) is 185. The topological polar surface area (TPSA) is 9.23 Å². The van der Waals surface area contributed by atoms with Gasteiger partial charge in [0, 0.05) is 0 Å². The Morgan fingerprint density at radius 3 is 0.964 bits per heavy atom. The summed E-state index contributed by atoms with van der Waals surface area (Å²) >= 11 is 0. The van der Waals surface area contributed by atoms with Gasteiger partial charge in [0.15, 0.2) is 0 Å². The van der Waals surface area contributed by atoms with E-state index < -0.39 is 13.0 Å². The molecule has 0 aromatic rings. The van der Waals surface area contributed by atoms with E-state index in [1.54, 1.807) is 0 Å². The zero-order chi connectivity index (χ0) is 16.8. The minimum absolute atomic E-state index is 0.146. The van der Waals surface area contributed by atoms with Crippen molar-refractivity contribution < 1.29 is 17.8 Å². The molecule has 2 spiro atoms. The second-order valence-electron chi connectivity index (χ2n) is 22.1. The molecule has 0 aromatic heterocycles. The molecule has 0 radical (unpaired) electrons. The van der Waals surface area contributed by atoms with E-state index in [1.165, 1.54) is 86.7 Å². The summed E-state index contributed by atoms with van der Waals surface area (Å²) in [6, 6.07) is 0. The minimum atomic E-state index is -3.10. The molecule has 28 heavy (non-hydrogen) atoms. The zero-order valence-corrected chi connectivity index (χ0v) is 18.8. The molecule has 20 saturated heterocycles. The van der Waals surface area contributed by atoms with Crippen LogP contribution in [0.25, 0.3) is 0 Å². The number of fused-ring (bicyclic) bond motifs is 20. The molecule has 1 nitrogen and oxygen atoms in total. The van der Waals surface area contributed by atoms with Gasteiger partial charge in [-0.1, -0.05) is 0 Å². The molecular formula is C25H28Fe2O. The maximum atomic E-state index is 7.76. The Balaban J connectivity index is 1.11. The molecule has 0 aliphatic carbocycles. The average Bonchev–Trinajstić information content (AvgIpc) is 3.52. The van der Waals surface area contributed by atoms with Crippen LogP contribution >= 0.6 is 0 Å². The fraction of sp³-hybridized carbons (Fsp3) is 1.00. The van der Waals surface area contributed by atoms with Crippen molar-refractivity contribution in [1.29, 1.82) is 0 Å². The normalized spacial score (nSPS) is 145. The summed E-state index contributed by atoms with van der Waals surface area (Å²) in [5.41, 5.74) is 0.146. The van der Waals surface area contributed by atoms with E-state index in [0.717, 1.165) is 14.7 Å². The Kier molecular flexibility index (Phi) is 0.258. The Hall–Kier alpha value is 0.999. The van der Waals surface area contributed by atoms with Crippen molar-refractivity contribution >= 4 is 0 Å². The maximum absolute atomic E-state index is 7.76. The van der Waals surface area contributed by atoms with Crippen molar-refractivity contribution in [2.24, 2.45) is 0 Å². The van der Waals surface area contributed by atoms with Gasteiger partial charge in [-0.15, -0.1) is 0 Å². The first-order valence-corrected chi connectivity index (χ1v) is 25.6. The van der Waals surface area contributed by atoms with Crippen LogP contribution in [0.3, 0.4) is 0 Å². The molecule has 20 aliphatic heterocycles. The predicted molar refractivity (Wildman–Crippen MR) is 97.5 cm³/mol. The Bertz CT molecular complexity index is 1830. The second kappa shape index (κ2) is 0.732. The van der Waals surface area contributed by atoms with Gasteiger partial charge in [0.05, 0.1) is 0 Å². The van der Waals surface area contributed by atoms with Crippen molar-refractivity contribution in [2.75, 3.05) is 0 Å². The molecule has 20 fully saturated rings. The molecule has 0 amide bonds. The number of hydrogen-bond donors (Lipinski definition) is 0. The predicted octanol–water partition coefficient (Wildman–Crippen LogP) is 7.69. The van der Waals surface area contributed by atoms with Crippen molar-refractivity contribution in [1.82, 2.24) is 0 Å². The summed E-state index contributed by atoms with van der Waals surface area (Å²) in [6.07, 6.45) is 0.947. The van der Waals surface area contributed by atoms with Crippen LogP contribution in [0.1, 0.15) is 20.8 Å². The van der Waals surface area contributed by atoms with Crippen LogP contribution in [0, 0.1) is 0 Å². The Labute approximate surface area is 145 Å². The van der Waals surface area contributed by atoms with Gasteiger partial charge in [0.1, 0.15) is 0 Å². The number of ether oxygens (including phenoxy) is 1. The summed E-state index contributed by atoms with van der Waals surface area (Å²) in [5.74, 6) is 0. The molecule has 0 N–H and O–H groups in total. The van der Waals surface area contributed by atoms with Crippen LogP contribution in [-0.2, 0) is 17.8 Å². The fourth-order valence-electron chi connectivity index (χ4n) is 35.0. The molecule has 0 aromatic carbocycles. The molecule has 20 rings (SSSR count). The first kappa shape index (κ1) is 9.87. The molecule has 20 heterocycles. The van der Waals surface area contributed by atoms with E-state index >= 15 is 0 Å². The van der Waals surface area contributed by atoms with Gasteiger partial charge in [-0.25, -0.2) is 0 Å². The summed E-state index contributed by atoms with van der Waals surface area (Å²) < 4.78 is 9.85. The van der Waals surface area contributed by atoms with E-state index in [-0.39, 0.29) is 5.60 Å². The quantitative estimate of drug-likeness (QED) is 0.396. The first-order chi connectivity index (χ1) is 12.9. The van der Waals surface area contributed by atoms with E-state index in [2.05, 4.69) is 20.8 Å². The van der Waals surface area contributed by atoms with Gasteiger partial charge in [0.25, 0.3) is 0 Å². The molecule has 8 atom stereocenters. The SMILES string of the molecule is CC(C)(C)OC([C]12[CH]3[CH]4[CH]5[CH]1[Fe]45321678[CH]2[CH]1[CH]6[CH]7[CH]28)[C]12[CH]3[CH]4[CH]5[CH]1[Fe]45321678[CH]2[CH]1[CH]6[CH]7[CH]28. The van der Waals surface area contributed by atoms with Crippen LogP contribution in [0.15, 0.2) is 0 Å². The number of rotatable bonds is 3. The van der Waals surface area contributed by atoms with Gasteiger partial charge in [-0.05, 0) is 0 Å². The van der Waals surface area contributed by atoms with Crippen molar-refractivity contribution in [3.05, 3.63) is 0 Å². The third kappa shape index (κ3) is 0.0926. The first-order valence-electron chi connectivity index (χ1n) is 13.0. The van der Waals surface area contributed by atoms with Crippen LogP contribution < -0.4 is 0 Å². The molecule has 0 bridgehead atoms. The van der Waals surface area contributed by atoms with Crippen LogP contribution in [0.4, 0.5) is 0 Å². The molecule has 8 unspecified atom stereocenters. The van der Waals surface area contributed by atoms with Gasteiger partial charge in [-0.2, -0.15) is 0 Å². The monoisotopic (exact) mass is 456 g/mol. The second-order valence-corrected chi connectivity index (χ2v) is 69.3. The van der Waals surface area contributed by atoms with Gasteiger partial charge >= 0.3 is 146 Å². The Morgan fingerprint density at radius 2 is 0.821 bits per heavy atom. The molecule has 20 aliphatic rings. The zero-order valence-electron chi connectivity index (χ0n) is 16.6. The van der Waals surface area contributed by atoms with Crippen LogP contribution in [0.2, 0.25) is 95.3 Å². The van der Waals surface area contributed by atoms with Crippen LogP contribution in [0.5, 0.6) is 0 Å². The molecule has 3 heteroatoms. The summed E-state index contributed by atoms with van der Waals surface area (Å²) in [6.45, 7) is 1.24. The molecular weight excluding hydrogens is 428 g/mol. The molecule has 0 saturated carbocycles. The third-order valence-electron chi connectivity index (χ3n) is 30.9. The van der Waals surface area contributed by atoms with Crippen molar-refractivity contribution in [3.63, 3.8) is 0 Å². The van der Waals surface area contributed by atoms with Gasteiger partial charge < -0.3 is 0 Å². The average molecular weight is 456 g/mol. The van der Waals surface area contributed by atoms with E-state index in [9.17, 15) is 0 Å². The Morgan fingerprint density at radius 1 is 0.536 bits per heavy atom. The third-order valence-corrected chi connectivity index (χ3v) is 116. The van der Waals surface area contributed by atoms with E-state index in [0.29, 0.717) is 0 Å². The van der Waals surface area contributed by atoms with E-state index in [1.807, 2.05) is 0 Å². The summed E-state index contributed by atoms with van der Waals surface area (Å²) in [7, 11) is 0. The van der Waals surface area contributed by atoms with Gasteiger partial charge in [-0.3, -0.25) is 0 Å². The van der Waals surface area contributed by atoms with Gasteiger partial charge in [0.2, 0.25) is 0 Å². The standard InChI is InChI=1S/C15H18O.2C5H5.2Fe/c1-15(2,3)16-14(12-8-4-5-9-12)13-10-6-7-11-13;2*1-2-4-5-3-1;;/h4-11,14H,1-3H3;2*1-5H;;. The number of hydrogen-bond acceptors (Lipinski definition) is 1. The van der Waals surface area contributed by atoms with Crippen molar-refractivity contribution in [3.8, 4) is 0 Å². The van der Waals surface area contributed by atoms with E-state index in [4.69, 9.17) is 4.74 Å². The summed E-state index contributed by atoms with van der Waals surface area (Å²) in [4.78, 5) is 27.0. The van der Waals surface area contributed by atoms with Crippen LogP contribution in [-0.4, -0.2) is 11.7 Å². The summed E-state index contributed by atoms with van der Waals surface area (Å²) in [5, 5.41) is 0. The molecule has 150 valence electrons. The van der Waals surface area contributed by atoms with Crippen molar-refractivity contribution in [2.45, 2.75) is 128 Å².